The topological polar surface area (TPSA) is 68.9 Å². The van der Waals surface area contributed by atoms with E-state index in [1.54, 1.807) is 19.2 Å². The van der Waals surface area contributed by atoms with E-state index in [-0.39, 0.29) is 35.8 Å². The molecule has 0 aliphatic rings. The molecule has 0 saturated carbocycles. The number of aliphatic imine (C=N–C) groups is 1. The van der Waals surface area contributed by atoms with Crippen molar-refractivity contribution in [3.05, 3.63) is 30.1 Å². The minimum absolute atomic E-state index is 0. The molecule has 1 unspecified atom stereocenters. The van der Waals surface area contributed by atoms with Crippen molar-refractivity contribution < 1.29 is 13.9 Å². The monoisotopic (exact) mass is 411 g/mol. The molecule has 0 heterocycles. The second-order valence-electron chi connectivity index (χ2n) is 4.42. The number of rotatable bonds is 8. The van der Waals surface area contributed by atoms with Crippen LogP contribution >= 0.6 is 24.0 Å². The Morgan fingerprint density at radius 3 is 2.67 bits per heavy atom. The number of methoxy groups -OCH3 is 1. The lowest BCUT2D eigenvalue weighted by molar-refractivity contribution is 0.179. The fraction of sp³-hybridized carbons (Fsp3) is 0.500. The number of hydrogen-bond donors (Lipinski definition) is 2. The number of nitrogens with zero attached hydrogens (tertiary/aromatic N) is 1. The maximum absolute atomic E-state index is 12.7. The Morgan fingerprint density at radius 2 is 2.05 bits per heavy atom. The largest absolute Gasteiger partial charge is 0.494 e. The van der Waals surface area contributed by atoms with E-state index in [0.717, 1.165) is 6.42 Å². The Hall–Kier alpha value is -1.09. The molecular weight excluding hydrogens is 388 g/mol. The molecule has 0 spiro atoms. The summed E-state index contributed by atoms with van der Waals surface area (Å²) in [7, 11) is 1.64. The van der Waals surface area contributed by atoms with Crippen LogP contribution in [0, 0.1) is 5.82 Å². The van der Waals surface area contributed by atoms with Gasteiger partial charge >= 0.3 is 0 Å². The Labute approximate surface area is 142 Å². The summed E-state index contributed by atoms with van der Waals surface area (Å²) in [4.78, 5) is 4.18. The third-order valence-electron chi connectivity index (χ3n) is 2.48. The van der Waals surface area contributed by atoms with Crippen LogP contribution in [0.3, 0.4) is 0 Å². The Kier molecular flexibility index (Phi) is 11.0. The predicted octanol–water partition coefficient (Wildman–Crippen LogP) is 2.15. The van der Waals surface area contributed by atoms with Gasteiger partial charge in [-0.2, -0.15) is 0 Å². The molecule has 0 radical (unpaired) electrons. The summed E-state index contributed by atoms with van der Waals surface area (Å²) in [5.41, 5.74) is 5.72. The van der Waals surface area contributed by atoms with Crippen LogP contribution in [-0.2, 0) is 4.74 Å². The minimum atomic E-state index is -0.272. The first-order valence-electron chi connectivity index (χ1n) is 6.55. The lowest BCUT2D eigenvalue weighted by Crippen LogP contribution is -2.40. The van der Waals surface area contributed by atoms with E-state index in [1.807, 2.05) is 6.92 Å². The first-order valence-corrected chi connectivity index (χ1v) is 6.55. The molecule has 0 fully saturated rings. The molecule has 1 aromatic carbocycles. The van der Waals surface area contributed by atoms with E-state index in [2.05, 4.69) is 10.3 Å². The molecule has 7 heteroatoms. The van der Waals surface area contributed by atoms with E-state index < -0.39 is 0 Å². The number of hydrogen-bond acceptors (Lipinski definition) is 3. The maximum atomic E-state index is 12.7. The van der Waals surface area contributed by atoms with Crippen molar-refractivity contribution in [2.45, 2.75) is 19.4 Å². The van der Waals surface area contributed by atoms with Gasteiger partial charge in [-0.1, -0.05) is 0 Å². The SMILES string of the molecule is COCC(C)NC(N)=NCCCOc1ccc(F)cc1.I. The third kappa shape index (κ3) is 9.46. The van der Waals surface area contributed by atoms with Crippen molar-refractivity contribution in [2.75, 3.05) is 26.9 Å². The van der Waals surface area contributed by atoms with Crippen LogP contribution in [0.2, 0.25) is 0 Å². The summed E-state index contributed by atoms with van der Waals surface area (Å²) in [6, 6.07) is 6.06. The average molecular weight is 411 g/mol. The van der Waals surface area contributed by atoms with Crippen LogP contribution in [0.15, 0.2) is 29.3 Å². The van der Waals surface area contributed by atoms with Crippen molar-refractivity contribution in [1.29, 1.82) is 0 Å². The zero-order chi connectivity index (χ0) is 14.8. The van der Waals surface area contributed by atoms with Crippen LogP contribution in [0.5, 0.6) is 5.75 Å². The molecule has 0 saturated heterocycles. The summed E-state index contributed by atoms with van der Waals surface area (Å²) < 4.78 is 23.1. The van der Waals surface area contributed by atoms with E-state index in [9.17, 15) is 4.39 Å². The van der Waals surface area contributed by atoms with E-state index in [4.69, 9.17) is 15.2 Å². The molecule has 0 aliphatic heterocycles. The predicted molar refractivity (Wildman–Crippen MR) is 92.9 cm³/mol. The molecule has 21 heavy (non-hydrogen) atoms. The molecule has 1 rings (SSSR count). The molecule has 120 valence electrons. The van der Waals surface area contributed by atoms with Crippen molar-refractivity contribution in [3.63, 3.8) is 0 Å². The summed E-state index contributed by atoms with van der Waals surface area (Å²) in [5, 5.41) is 3.02. The van der Waals surface area contributed by atoms with E-state index in [1.165, 1.54) is 12.1 Å². The molecular formula is C14H23FIN3O2. The van der Waals surface area contributed by atoms with Crippen molar-refractivity contribution in [3.8, 4) is 5.75 Å². The molecule has 1 atom stereocenters. The molecule has 3 N–H and O–H groups in total. The Bertz CT molecular complexity index is 415. The van der Waals surface area contributed by atoms with Gasteiger partial charge in [0.05, 0.1) is 13.2 Å². The summed E-state index contributed by atoms with van der Waals surface area (Å²) >= 11 is 0. The number of ether oxygens (including phenoxy) is 2. The van der Waals surface area contributed by atoms with Crippen LogP contribution < -0.4 is 15.8 Å². The van der Waals surface area contributed by atoms with Crippen molar-refractivity contribution in [1.82, 2.24) is 5.32 Å². The highest BCUT2D eigenvalue weighted by atomic mass is 127. The van der Waals surface area contributed by atoms with Crippen LogP contribution in [-0.4, -0.2) is 38.9 Å². The van der Waals surface area contributed by atoms with Gasteiger partial charge in [-0.05, 0) is 31.2 Å². The van der Waals surface area contributed by atoms with Crippen LogP contribution in [0.1, 0.15) is 13.3 Å². The molecule has 5 nitrogen and oxygen atoms in total. The lowest BCUT2D eigenvalue weighted by Gasteiger charge is -2.13. The third-order valence-corrected chi connectivity index (χ3v) is 2.48. The van der Waals surface area contributed by atoms with Gasteiger partial charge in [0.1, 0.15) is 11.6 Å². The summed E-state index contributed by atoms with van der Waals surface area (Å²) in [6.07, 6.45) is 0.735. The second kappa shape index (κ2) is 11.6. The lowest BCUT2D eigenvalue weighted by atomic mass is 10.3. The van der Waals surface area contributed by atoms with Gasteiger partial charge in [-0.15, -0.1) is 24.0 Å². The zero-order valence-electron chi connectivity index (χ0n) is 12.3. The number of nitrogens with two attached hydrogens (primary N) is 1. The molecule has 0 bridgehead atoms. The number of nitrogens with one attached hydrogen (secondary N) is 1. The van der Waals surface area contributed by atoms with Gasteiger partial charge in [0.2, 0.25) is 0 Å². The number of halogens is 2. The fourth-order valence-corrected chi connectivity index (χ4v) is 1.57. The van der Waals surface area contributed by atoms with Crippen LogP contribution in [0.25, 0.3) is 0 Å². The minimum Gasteiger partial charge on any atom is -0.494 e. The van der Waals surface area contributed by atoms with Gasteiger partial charge in [0.25, 0.3) is 0 Å². The first kappa shape index (κ1) is 19.9. The van der Waals surface area contributed by atoms with E-state index >= 15 is 0 Å². The normalized spacial score (nSPS) is 12.4. The number of guanidine groups is 1. The van der Waals surface area contributed by atoms with Gasteiger partial charge in [0, 0.05) is 26.1 Å². The smallest absolute Gasteiger partial charge is 0.188 e. The first-order chi connectivity index (χ1) is 9.61. The van der Waals surface area contributed by atoms with E-state index in [0.29, 0.717) is 31.5 Å². The molecule has 0 aromatic heterocycles. The second-order valence-corrected chi connectivity index (χ2v) is 4.42. The highest BCUT2D eigenvalue weighted by Crippen LogP contribution is 2.10. The van der Waals surface area contributed by atoms with Gasteiger partial charge in [0.15, 0.2) is 5.96 Å². The average Bonchev–Trinajstić information content (AvgIpc) is 2.40. The fourth-order valence-electron chi connectivity index (χ4n) is 1.57. The highest BCUT2D eigenvalue weighted by molar-refractivity contribution is 14.0. The Morgan fingerprint density at radius 1 is 1.38 bits per heavy atom. The highest BCUT2D eigenvalue weighted by Gasteiger charge is 2.01. The molecule has 1 aromatic rings. The van der Waals surface area contributed by atoms with Crippen molar-refractivity contribution >= 4 is 29.9 Å². The molecule has 0 amide bonds. The van der Waals surface area contributed by atoms with Gasteiger partial charge < -0.3 is 20.5 Å². The van der Waals surface area contributed by atoms with Crippen LogP contribution in [0.4, 0.5) is 4.39 Å². The summed E-state index contributed by atoms with van der Waals surface area (Å²) in [5.74, 6) is 0.775. The van der Waals surface area contributed by atoms with Gasteiger partial charge in [-0.3, -0.25) is 4.99 Å². The summed E-state index contributed by atoms with van der Waals surface area (Å²) in [6.45, 7) is 3.61. The number of benzene rings is 1. The zero-order valence-corrected chi connectivity index (χ0v) is 14.7. The molecule has 0 aliphatic carbocycles. The standard InChI is InChI=1S/C14H22FN3O2.HI/c1-11(10-19-2)18-14(16)17-8-3-9-20-13-6-4-12(15)5-7-13;/h4-7,11H,3,8-10H2,1-2H3,(H3,16,17,18);1H. The maximum Gasteiger partial charge on any atom is 0.188 e. The van der Waals surface area contributed by atoms with Gasteiger partial charge in [-0.25, -0.2) is 4.39 Å². The van der Waals surface area contributed by atoms with Crippen molar-refractivity contribution in [2.24, 2.45) is 10.7 Å². The Balaban J connectivity index is 0.00000400. The quantitative estimate of drug-likeness (QED) is 0.298.